The van der Waals surface area contributed by atoms with E-state index >= 15 is 0 Å². The van der Waals surface area contributed by atoms with E-state index < -0.39 is 17.4 Å². The van der Waals surface area contributed by atoms with E-state index in [1.165, 1.54) is 0 Å². The average Bonchev–Trinajstić information content (AvgIpc) is 2.86. The molecule has 0 aromatic heterocycles. The van der Waals surface area contributed by atoms with Gasteiger partial charge in [-0.15, -0.1) is 0 Å². The lowest BCUT2D eigenvalue weighted by Gasteiger charge is -2.36. The van der Waals surface area contributed by atoms with Crippen LogP contribution < -0.4 is 0 Å². The van der Waals surface area contributed by atoms with Crippen molar-refractivity contribution >= 4 is 12.1 Å². The van der Waals surface area contributed by atoms with Crippen LogP contribution in [-0.2, 0) is 19.0 Å². The molecule has 2 rings (SSSR count). The van der Waals surface area contributed by atoms with Crippen LogP contribution in [0.3, 0.4) is 0 Å². The maximum atomic E-state index is 12.6. The summed E-state index contributed by atoms with van der Waals surface area (Å²) in [5.74, 6) is -0.0825. The molecule has 2 saturated heterocycles. The van der Waals surface area contributed by atoms with Crippen LogP contribution >= 0.6 is 0 Å². The lowest BCUT2D eigenvalue weighted by molar-refractivity contribution is -0.147. The fraction of sp³-hybridized carbons (Fsp3) is 0.882. The molecule has 6 heteroatoms. The highest BCUT2D eigenvalue weighted by atomic mass is 16.6. The number of carbonyl (C=O) groups excluding carboxylic acids is 2. The molecule has 0 saturated carbocycles. The monoisotopic (exact) mass is 327 g/mol. The molecule has 2 aliphatic rings. The van der Waals surface area contributed by atoms with Crippen molar-refractivity contribution in [2.24, 2.45) is 11.8 Å². The van der Waals surface area contributed by atoms with Crippen molar-refractivity contribution in [2.75, 3.05) is 6.61 Å². The maximum Gasteiger partial charge on any atom is 0.413 e. The predicted molar refractivity (Wildman–Crippen MR) is 84.7 cm³/mol. The van der Waals surface area contributed by atoms with Gasteiger partial charge in [0.25, 0.3) is 0 Å². The molecular formula is C17H29NO5. The smallest absolute Gasteiger partial charge is 0.413 e. The van der Waals surface area contributed by atoms with Gasteiger partial charge in [-0.2, -0.15) is 0 Å². The fourth-order valence-corrected chi connectivity index (χ4v) is 3.18. The van der Waals surface area contributed by atoms with Gasteiger partial charge in [0.2, 0.25) is 0 Å². The molecule has 23 heavy (non-hydrogen) atoms. The fourth-order valence-electron chi connectivity index (χ4n) is 3.18. The second kappa shape index (κ2) is 5.96. The van der Waals surface area contributed by atoms with Gasteiger partial charge < -0.3 is 14.2 Å². The Bertz CT molecular complexity index is 480. The van der Waals surface area contributed by atoms with Crippen LogP contribution in [0.1, 0.15) is 54.9 Å². The van der Waals surface area contributed by atoms with Crippen LogP contribution in [-0.4, -0.2) is 47.0 Å². The van der Waals surface area contributed by atoms with Gasteiger partial charge in [0.15, 0.2) is 0 Å². The number of esters is 1. The van der Waals surface area contributed by atoms with Gasteiger partial charge in [0, 0.05) is 6.42 Å². The third-order valence-electron chi connectivity index (χ3n) is 4.40. The third kappa shape index (κ3) is 3.79. The van der Waals surface area contributed by atoms with Gasteiger partial charge >= 0.3 is 12.1 Å². The Kier molecular flexibility index (Phi) is 4.68. The molecule has 2 aliphatic heterocycles. The Balaban J connectivity index is 2.18. The van der Waals surface area contributed by atoms with E-state index in [4.69, 9.17) is 14.2 Å². The molecule has 2 heterocycles. The molecule has 3 atom stereocenters. The lowest BCUT2D eigenvalue weighted by atomic mass is 9.91. The van der Waals surface area contributed by atoms with Crippen molar-refractivity contribution in [3.63, 3.8) is 0 Å². The Morgan fingerprint density at radius 2 is 1.96 bits per heavy atom. The quantitative estimate of drug-likeness (QED) is 0.730. The van der Waals surface area contributed by atoms with E-state index in [1.807, 2.05) is 48.5 Å². The molecule has 0 aromatic carbocycles. The van der Waals surface area contributed by atoms with Crippen molar-refractivity contribution in [3.8, 4) is 0 Å². The Hall–Kier alpha value is -1.30. The summed E-state index contributed by atoms with van der Waals surface area (Å²) < 4.78 is 16.8. The molecule has 0 aliphatic carbocycles. The number of ether oxygens (including phenoxy) is 3. The molecule has 132 valence electrons. The standard InChI is InChI=1S/C17H29NO5/c1-10(2)11-8-13(22-14(11)19)12-9-21-17(6,7)18(12)15(20)23-16(3,4)5/h10-13H,8-9H2,1-7H3/t11-,12?,13-/m0/s1. The molecular weight excluding hydrogens is 298 g/mol. The summed E-state index contributed by atoms with van der Waals surface area (Å²) in [5, 5.41) is 0. The zero-order valence-electron chi connectivity index (χ0n) is 15.2. The van der Waals surface area contributed by atoms with Crippen LogP contribution in [0.2, 0.25) is 0 Å². The van der Waals surface area contributed by atoms with E-state index in [0.717, 1.165) is 0 Å². The number of carbonyl (C=O) groups is 2. The molecule has 0 N–H and O–H groups in total. The summed E-state index contributed by atoms with van der Waals surface area (Å²) in [5.41, 5.74) is -1.37. The normalized spacial score (nSPS) is 30.7. The first-order valence-corrected chi connectivity index (χ1v) is 8.29. The summed E-state index contributed by atoms with van der Waals surface area (Å²) in [6, 6.07) is -0.312. The maximum absolute atomic E-state index is 12.6. The second-order valence-corrected chi connectivity index (χ2v) is 8.24. The SMILES string of the molecule is CC(C)[C@@H]1C[C@@H](C2COC(C)(C)N2C(=O)OC(C)(C)C)OC1=O. The van der Waals surface area contributed by atoms with Gasteiger partial charge in [-0.1, -0.05) is 13.8 Å². The topological polar surface area (TPSA) is 65.1 Å². The van der Waals surface area contributed by atoms with Crippen LogP contribution in [0.25, 0.3) is 0 Å². The van der Waals surface area contributed by atoms with E-state index in [-0.39, 0.29) is 30.0 Å². The molecule has 0 aromatic rings. The highest BCUT2D eigenvalue weighted by Crippen LogP contribution is 2.37. The Morgan fingerprint density at radius 1 is 1.35 bits per heavy atom. The minimum Gasteiger partial charge on any atom is -0.460 e. The van der Waals surface area contributed by atoms with Crippen LogP contribution in [0, 0.1) is 11.8 Å². The minimum atomic E-state index is -0.782. The van der Waals surface area contributed by atoms with Gasteiger partial charge in [0.1, 0.15) is 17.4 Å². The van der Waals surface area contributed by atoms with Crippen LogP contribution in [0.4, 0.5) is 4.79 Å². The Labute approximate surface area is 138 Å². The number of amides is 1. The number of hydrogen-bond acceptors (Lipinski definition) is 5. The van der Waals surface area contributed by atoms with Crippen LogP contribution in [0.15, 0.2) is 0 Å². The lowest BCUT2D eigenvalue weighted by Crippen LogP contribution is -2.53. The summed E-state index contributed by atoms with van der Waals surface area (Å²) >= 11 is 0. The average molecular weight is 327 g/mol. The summed E-state index contributed by atoms with van der Waals surface area (Å²) in [6.45, 7) is 13.5. The molecule has 0 radical (unpaired) electrons. The highest BCUT2D eigenvalue weighted by molar-refractivity contribution is 5.75. The van der Waals surface area contributed by atoms with Crippen molar-refractivity contribution in [2.45, 2.75) is 78.4 Å². The van der Waals surface area contributed by atoms with Crippen molar-refractivity contribution in [1.82, 2.24) is 4.90 Å². The number of nitrogens with zero attached hydrogens (tertiary/aromatic N) is 1. The number of hydrogen-bond donors (Lipinski definition) is 0. The second-order valence-electron chi connectivity index (χ2n) is 8.24. The summed E-state index contributed by atoms with van der Waals surface area (Å²) in [7, 11) is 0. The van der Waals surface area contributed by atoms with Crippen molar-refractivity contribution in [3.05, 3.63) is 0 Å². The summed E-state index contributed by atoms with van der Waals surface area (Å²) in [4.78, 5) is 26.3. The zero-order chi connectivity index (χ0) is 17.6. The van der Waals surface area contributed by atoms with E-state index in [1.54, 1.807) is 4.90 Å². The Morgan fingerprint density at radius 3 is 2.43 bits per heavy atom. The molecule has 6 nitrogen and oxygen atoms in total. The van der Waals surface area contributed by atoms with Crippen LogP contribution in [0.5, 0.6) is 0 Å². The first-order chi connectivity index (χ1) is 10.4. The predicted octanol–water partition coefficient (Wildman–Crippen LogP) is 2.95. The van der Waals surface area contributed by atoms with Crippen molar-refractivity contribution < 1.29 is 23.8 Å². The van der Waals surface area contributed by atoms with E-state index in [2.05, 4.69) is 0 Å². The minimum absolute atomic E-state index is 0.121. The van der Waals surface area contributed by atoms with Gasteiger partial charge in [-0.05, 0) is 40.5 Å². The zero-order valence-corrected chi connectivity index (χ0v) is 15.2. The van der Waals surface area contributed by atoms with Gasteiger partial charge in [0.05, 0.1) is 18.6 Å². The highest BCUT2D eigenvalue weighted by Gasteiger charge is 2.52. The van der Waals surface area contributed by atoms with E-state index in [0.29, 0.717) is 13.0 Å². The third-order valence-corrected chi connectivity index (χ3v) is 4.40. The first kappa shape index (κ1) is 18.0. The molecule has 2 fully saturated rings. The molecule has 0 spiro atoms. The molecule has 1 amide bonds. The first-order valence-electron chi connectivity index (χ1n) is 8.29. The molecule has 0 bridgehead atoms. The van der Waals surface area contributed by atoms with Gasteiger partial charge in [-0.3, -0.25) is 9.69 Å². The number of cyclic esters (lactones) is 1. The van der Waals surface area contributed by atoms with Gasteiger partial charge in [-0.25, -0.2) is 4.79 Å². The number of rotatable bonds is 2. The van der Waals surface area contributed by atoms with E-state index in [9.17, 15) is 9.59 Å². The molecule has 1 unspecified atom stereocenters. The van der Waals surface area contributed by atoms with Crippen molar-refractivity contribution in [1.29, 1.82) is 0 Å². The summed E-state index contributed by atoms with van der Waals surface area (Å²) in [6.07, 6.45) is -0.168. The largest absolute Gasteiger partial charge is 0.460 e.